The lowest BCUT2D eigenvalue weighted by Crippen LogP contribution is -2.55. The van der Waals surface area contributed by atoms with Crippen LogP contribution in [0, 0.1) is 23.7 Å². The van der Waals surface area contributed by atoms with Crippen molar-refractivity contribution in [3.8, 4) is 0 Å². The summed E-state index contributed by atoms with van der Waals surface area (Å²) in [6, 6.07) is 0.715. The average molecular weight is 434 g/mol. The maximum Gasteiger partial charge on any atom is 0.254 e. The van der Waals surface area contributed by atoms with Crippen molar-refractivity contribution < 1.29 is 19.4 Å². The summed E-state index contributed by atoms with van der Waals surface area (Å²) in [7, 11) is 1.76. The van der Waals surface area contributed by atoms with Crippen LogP contribution in [-0.2, 0) is 14.3 Å². The molecular formula is C24H39N3O4. The van der Waals surface area contributed by atoms with E-state index in [2.05, 4.69) is 5.32 Å². The van der Waals surface area contributed by atoms with Gasteiger partial charge in [0.05, 0.1) is 12.0 Å². The second-order valence-corrected chi connectivity index (χ2v) is 10.8. The maximum atomic E-state index is 13.3. The topological polar surface area (TPSA) is 82.1 Å². The normalized spacial score (nSPS) is 39.8. The highest BCUT2D eigenvalue weighted by molar-refractivity contribution is 5.88. The third-order valence-corrected chi connectivity index (χ3v) is 9.07. The van der Waals surface area contributed by atoms with Gasteiger partial charge in [-0.05, 0) is 82.1 Å². The molecule has 2 saturated heterocycles. The zero-order valence-corrected chi connectivity index (χ0v) is 18.9. The summed E-state index contributed by atoms with van der Waals surface area (Å²) in [5.41, 5.74) is -1.11. The number of hydrogen-bond acceptors (Lipinski definition) is 5. The van der Waals surface area contributed by atoms with Crippen molar-refractivity contribution in [1.29, 1.82) is 0 Å². The van der Waals surface area contributed by atoms with E-state index < -0.39 is 5.60 Å². The van der Waals surface area contributed by atoms with Crippen LogP contribution < -0.4 is 5.32 Å². The Morgan fingerprint density at radius 1 is 0.903 bits per heavy atom. The first-order chi connectivity index (χ1) is 15.0. The Morgan fingerprint density at radius 3 is 2.26 bits per heavy atom. The van der Waals surface area contributed by atoms with Crippen LogP contribution in [0.25, 0.3) is 0 Å². The number of rotatable bonds is 4. The van der Waals surface area contributed by atoms with E-state index in [1.54, 1.807) is 12.0 Å². The number of ether oxygens (including phenoxy) is 1. The molecule has 174 valence electrons. The number of piperazine rings is 1. The Kier molecular flexibility index (Phi) is 6.03. The summed E-state index contributed by atoms with van der Waals surface area (Å²) in [6.45, 7) is 3.36. The van der Waals surface area contributed by atoms with Gasteiger partial charge in [-0.3, -0.25) is 9.59 Å². The van der Waals surface area contributed by atoms with E-state index >= 15 is 0 Å². The van der Waals surface area contributed by atoms with Crippen LogP contribution in [0.1, 0.15) is 57.8 Å². The highest BCUT2D eigenvalue weighted by Gasteiger charge is 2.51. The first kappa shape index (κ1) is 21.7. The van der Waals surface area contributed by atoms with Gasteiger partial charge in [-0.2, -0.15) is 0 Å². The van der Waals surface area contributed by atoms with E-state index in [0.29, 0.717) is 51.0 Å². The second-order valence-electron chi connectivity index (χ2n) is 10.8. The molecule has 5 fully saturated rings. The van der Waals surface area contributed by atoms with Crippen molar-refractivity contribution in [3.05, 3.63) is 0 Å². The first-order valence-corrected chi connectivity index (χ1v) is 12.6. The Morgan fingerprint density at radius 2 is 1.55 bits per heavy atom. The van der Waals surface area contributed by atoms with Gasteiger partial charge in [0.1, 0.15) is 5.60 Å². The van der Waals surface area contributed by atoms with E-state index in [9.17, 15) is 14.7 Å². The molecule has 6 atom stereocenters. The Balaban J connectivity index is 1.14. The van der Waals surface area contributed by atoms with Gasteiger partial charge in [-0.25, -0.2) is 0 Å². The number of nitrogens with zero attached hydrogens (tertiary/aromatic N) is 2. The third kappa shape index (κ3) is 4.25. The van der Waals surface area contributed by atoms with E-state index in [1.165, 1.54) is 32.2 Å². The summed E-state index contributed by atoms with van der Waals surface area (Å²) >= 11 is 0. The van der Waals surface area contributed by atoms with Gasteiger partial charge < -0.3 is 25.0 Å². The molecule has 0 aromatic rings. The molecule has 0 spiro atoms. The van der Waals surface area contributed by atoms with Crippen LogP contribution in [0.15, 0.2) is 0 Å². The number of fused-ring (bicyclic) bond motifs is 1. The number of nitrogens with one attached hydrogen (secondary N) is 1. The lowest BCUT2D eigenvalue weighted by atomic mass is 9.67. The molecule has 7 nitrogen and oxygen atoms in total. The van der Waals surface area contributed by atoms with Crippen molar-refractivity contribution in [1.82, 2.24) is 15.1 Å². The molecule has 7 heteroatoms. The Hall–Kier alpha value is -1.18. The summed E-state index contributed by atoms with van der Waals surface area (Å²) in [5, 5.41) is 13.8. The minimum Gasteiger partial charge on any atom is -0.381 e. The maximum absolute atomic E-state index is 13.3. The summed E-state index contributed by atoms with van der Waals surface area (Å²) in [5.74, 6) is 2.31. The van der Waals surface area contributed by atoms with Crippen LogP contribution in [0.4, 0.5) is 0 Å². The molecule has 0 bridgehead atoms. The van der Waals surface area contributed by atoms with E-state index in [1.807, 2.05) is 4.90 Å². The van der Waals surface area contributed by atoms with Crippen molar-refractivity contribution in [2.75, 3.05) is 39.8 Å². The van der Waals surface area contributed by atoms with Crippen LogP contribution in [0.3, 0.4) is 0 Å². The monoisotopic (exact) mass is 433 g/mol. The SMILES string of the molecule is COC1CC(C2CCC3CCNC3C2)CCC1C(=O)N1CCN(C(=O)C2(O)CC2)CC1. The molecule has 0 aromatic heterocycles. The molecule has 6 unspecified atom stereocenters. The second kappa shape index (κ2) is 8.64. The van der Waals surface area contributed by atoms with Gasteiger partial charge in [-0.15, -0.1) is 0 Å². The number of amides is 2. The quantitative estimate of drug-likeness (QED) is 0.700. The Bertz CT molecular complexity index is 688. The molecular weight excluding hydrogens is 394 g/mol. The highest BCUT2D eigenvalue weighted by Crippen LogP contribution is 2.44. The largest absolute Gasteiger partial charge is 0.381 e. The van der Waals surface area contributed by atoms with Gasteiger partial charge in [0.15, 0.2) is 0 Å². The number of hydrogen-bond donors (Lipinski definition) is 2. The molecule has 3 saturated carbocycles. The molecule has 3 aliphatic carbocycles. The zero-order chi connectivity index (χ0) is 21.6. The van der Waals surface area contributed by atoms with Gasteiger partial charge in [0, 0.05) is 39.3 Å². The molecule has 31 heavy (non-hydrogen) atoms. The predicted octanol–water partition coefficient (Wildman–Crippen LogP) is 1.39. The fourth-order valence-corrected chi connectivity index (χ4v) is 6.87. The molecule has 5 rings (SSSR count). The molecule has 2 N–H and O–H groups in total. The third-order valence-electron chi connectivity index (χ3n) is 9.07. The van der Waals surface area contributed by atoms with Gasteiger partial charge >= 0.3 is 0 Å². The lowest BCUT2D eigenvalue weighted by Gasteiger charge is -2.44. The molecule has 5 aliphatic rings. The number of carbonyl (C=O) groups excluding carboxylic acids is 2. The molecule has 0 radical (unpaired) electrons. The standard InChI is InChI=1S/C24H39N3O4/c1-31-21-15-18(17-3-2-16-6-9-25-20(16)14-17)4-5-19(21)22(28)26-10-12-27(13-11-26)23(29)24(30)7-8-24/h16-21,25,30H,2-15H2,1H3. The first-order valence-electron chi connectivity index (χ1n) is 12.6. The minimum absolute atomic E-state index is 0.00680. The van der Waals surface area contributed by atoms with Gasteiger partial charge in [0.25, 0.3) is 5.91 Å². The van der Waals surface area contributed by atoms with Crippen LogP contribution in [0.5, 0.6) is 0 Å². The number of carbonyl (C=O) groups is 2. The van der Waals surface area contributed by atoms with Crippen molar-refractivity contribution in [2.45, 2.75) is 75.5 Å². The molecule has 2 heterocycles. The van der Waals surface area contributed by atoms with E-state index in [4.69, 9.17) is 4.74 Å². The van der Waals surface area contributed by atoms with Crippen molar-refractivity contribution in [3.63, 3.8) is 0 Å². The van der Waals surface area contributed by atoms with Crippen molar-refractivity contribution in [2.24, 2.45) is 23.7 Å². The predicted molar refractivity (Wildman–Crippen MR) is 116 cm³/mol. The molecule has 2 amide bonds. The summed E-state index contributed by atoms with van der Waals surface area (Å²) in [4.78, 5) is 29.3. The number of aliphatic hydroxyl groups is 1. The highest BCUT2D eigenvalue weighted by atomic mass is 16.5. The van der Waals surface area contributed by atoms with E-state index in [0.717, 1.165) is 31.1 Å². The Labute approximate surface area is 185 Å². The summed E-state index contributed by atoms with van der Waals surface area (Å²) < 4.78 is 5.88. The van der Waals surface area contributed by atoms with Crippen molar-refractivity contribution >= 4 is 11.8 Å². The van der Waals surface area contributed by atoms with Gasteiger partial charge in [0.2, 0.25) is 5.91 Å². The van der Waals surface area contributed by atoms with Crippen LogP contribution in [0.2, 0.25) is 0 Å². The lowest BCUT2D eigenvalue weighted by molar-refractivity contribution is -0.151. The average Bonchev–Trinajstić information content (AvgIpc) is 3.39. The smallest absolute Gasteiger partial charge is 0.254 e. The number of methoxy groups -OCH3 is 1. The van der Waals surface area contributed by atoms with Crippen LogP contribution in [-0.4, -0.2) is 84.3 Å². The zero-order valence-electron chi connectivity index (χ0n) is 18.9. The fraction of sp³-hybridized carbons (Fsp3) is 0.917. The molecule has 0 aromatic carbocycles. The fourth-order valence-electron chi connectivity index (χ4n) is 6.87. The minimum atomic E-state index is -1.11. The summed E-state index contributed by atoms with van der Waals surface area (Å²) in [6.07, 6.45) is 9.53. The van der Waals surface area contributed by atoms with E-state index in [-0.39, 0.29) is 23.8 Å². The molecule has 2 aliphatic heterocycles. The van der Waals surface area contributed by atoms with Gasteiger partial charge in [-0.1, -0.05) is 0 Å². The van der Waals surface area contributed by atoms with Crippen LogP contribution >= 0.6 is 0 Å².